The van der Waals surface area contributed by atoms with Crippen LogP contribution < -0.4 is 0 Å². The zero-order chi connectivity index (χ0) is 10.9. The molecule has 0 bridgehead atoms. The normalized spacial score (nSPS) is 12.2. The number of rotatable bonds is 5. The molecule has 0 heterocycles. The Bertz CT molecular complexity index is 351. The third-order valence-electron chi connectivity index (χ3n) is 2.25. The quantitative estimate of drug-likeness (QED) is 0.494. The van der Waals surface area contributed by atoms with E-state index >= 15 is 0 Å². The van der Waals surface area contributed by atoms with Gasteiger partial charge in [0.05, 0.1) is 0 Å². The van der Waals surface area contributed by atoms with E-state index in [4.69, 9.17) is 6.42 Å². The van der Waals surface area contributed by atoms with Crippen molar-refractivity contribution in [2.75, 3.05) is 0 Å². The van der Waals surface area contributed by atoms with Crippen molar-refractivity contribution in [2.24, 2.45) is 0 Å². The van der Waals surface area contributed by atoms with Crippen LogP contribution in [0, 0.1) is 12.3 Å². The fourth-order valence-corrected chi connectivity index (χ4v) is 1.51. The zero-order valence-corrected chi connectivity index (χ0v) is 8.89. The molecule has 0 aromatic heterocycles. The van der Waals surface area contributed by atoms with E-state index in [2.05, 4.69) is 42.8 Å². The molecule has 1 aromatic rings. The Morgan fingerprint density at radius 1 is 1.33 bits per heavy atom. The first-order valence-corrected chi connectivity index (χ1v) is 5.14. The monoisotopic (exact) mass is 196 g/mol. The van der Waals surface area contributed by atoms with Crippen molar-refractivity contribution in [2.45, 2.75) is 18.8 Å². The second kappa shape index (κ2) is 6.68. The van der Waals surface area contributed by atoms with Crippen LogP contribution in [-0.4, -0.2) is 0 Å². The van der Waals surface area contributed by atoms with Crippen molar-refractivity contribution in [3.05, 3.63) is 60.7 Å². The highest BCUT2D eigenvalue weighted by molar-refractivity contribution is 5.24. The molecule has 0 saturated heterocycles. The second-order valence-electron chi connectivity index (χ2n) is 3.38. The lowest BCUT2D eigenvalue weighted by molar-refractivity contribution is 0.862. The minimum absolute atomic E-state index is 0.400. The number of hydrogen-bond acceptors (Lipinski definition) is 0. The SMILES string of the molecule is C#CC/C=C/C(CC=C)c1ccccc1. The molecule has 0 aliphatic carbocycles. The molecule has 0 saturated carbocycles. The number of terminal acetylenes is 1. The van der Waals surface area contributed by atoms with Gasteiger partial charge < -0.3 is 0 Å². The minimum atomic E-state index is 0.400. The Morgan fingerprint density at radius 3 is 2.67 bits per heavy atom. The van der Waals surface area contributed by atoms with E-state index in [1.165, 1.54) is 5.56 Å². The molecule has 0 radical (unpaired) electrons. The summed E-state index contributed by atoms with van der Waals surface area (Å²) < 4.78 is 0. The molecular formula is C15H16. The summed E-state index contributed by atoms with van der Waals surface area (Å²) in [6, 6.07) is 10.4. The summed E-state index contributed by atoms with van der Waals surface area (Å²) >= 11 is 0. The van der Waals surface area contributed by atoms with Gasteiger partial charge in [-0.3, -0.25) is 0 Å². The van der Waals surface area contributed by atoms with Gasteiger partial charge in [-0.2, -0.15) is 0 Å². The summed E-state index contributed by atoms with van der Waals surface area (Å²) in [6.45, 7) is 3.78. The fraction of sp³-hybridized carbons (Fsp3) is 0.200. The standard InChI is InChI=1S/C15H16/c1-3-5-7-11-14(10-4-2)15-12-8-6-9-13-15/h1,4,6-9,11-14H,2,5,10H2/b11-7+. The van der Waals surface area contributed by atoms with E-state index in [0.717, 1.165) is 6.42 Å². The van der Waals surface area contributed by atoms with Gasteiger partial charge in [-0.1, -0.05) is 48.6 Å². The molecule has 0 N–H and O–H groups in total. The first-order valence-electron chi connectivity index (χ1n) is 5.14. The van der Waals surface area contributed by atoms with Crippen LogP contribution in [0.4, 0.5) is 0 Å². The van der Waals surface area contributed by atoms with Crippen LogP contribution in [0.25, 0.3) is 0 Å². The van der Waals surface area contributed by atoms with E-state index < -0.39 is 0 Å². The molecule has 0 nitrogen and oxygen atoms in total. The molecule has 0 fully saturated rings. The van der Waals surface area contributed by atoms with Crippen LogP contribution in [0.5, 0.6) is 0 Å². The molecule has 0 heteroatoms. The van der Waals surface area contributed by atoms with Crippen molar-refractivity contribution in [1.29, 1.82) is 0 Å². The van der Waals surface area contributed by atoms with Gasteiger partial charge in [0.15, 0.2) is 0 Å². The van der Waals surface area contributed by atoms with Gasteiger partial charge in [0.1, 0.15) is 0 Å². The van der Waals surface area contributed by atoms with E-state index in [1.54, 1.807) is 0 Å². The highest BCUT2D eigenvalue weighted by Gasteiger charge is 2.04. The van der Waals surface area contributed by atoms with Gasteiger partial charge in [0, 0.05) is 12.3 Å². The lowest BCUT2D eigenvalue weighted by Crippen LogP contribution is -1.92. The number of hydrogen-bond donors (Lipinski definition) is 0. The van der Waals surface area contributed by atoms with Gasteiger partial charge in [0.25, 0.3) is 0 Å². The molecule has 76 valence electrons. The van der Waals surface area contributed by atoms with Crippen LogP contribution >= 0.6 is 0 Å². The van der Waals surface area contributed by atoms with Crippen molar-refractivity contribution in [1.82, 2.24) is 0 Å². The molecule has 0 aliphatic rings. The maximum atomic E-state index is 5.21. The molecule has 1 rings (SSSR count). The molecule has 0 aliphatic heterocycles. The number of benzene rings is 1. The molecule has 0 spiro atoms. The van der Waals surface area contributed by atoms with Crippen LogP contribution in [-0.2, 0) is 0 Å². The van der Waals surface area contributed by atoms with Crippen molar-refractivity contribution < 1.29 is 0 Å². The van der Waals surface area contributed by atoms with Crippen molar-refractivity contribution in [3.63, 3.8) is 0 Å². The lowest BCUT2D eigenvalue weighted by Gasteiger charge is -2.10. The van der Waals surface area contributed by atoms with Crippen LogP contribution in [0.15, 0.2) is 55.1 Å². The van der Waals surface area contributed by atoms with Crippen LogP contribution in [0.3, 0.4) is 0 Å². The molecular weight excluding hydrogens is 180 g/mol. The predicted octanol–water partition coefficient (Wildman–Crippen LogP) is 3.93. The number of allylic oxidation sites excluding steroid dienone is 3. The second-order valence-corrected chi connectivity index (χ2v) is 3.38. The summed E-state index contributed by atoms with van der Waals surface area (Å²) in [5, 5.41) is 0. The average Bonchev–Trinajstić information content (AvgIpc) is 2.29. The average molecular weight is 196 g/mol. The first-order chi connectivity index (χ1) is 7.38. The van der Waals surface area contributed by atoms with Gasteiger partial charge >= 0.3 is 0 Å². The van der Waals surface area contributed by atoms with E-state index in [0.29, 0.717) is 12.3 Å². The summed E-state index contributed by atoms with van der Waals surface area (Å²) in [5.74, 6) is 3.00. The summed E-state index contributed by atoms with van der Waals surface area (Å²) in [4.78, 5) is 0. The van der Waals surface area contributed by atoms with E-state index in [-0.39, 0.29) is 0 Å². The molecule has 15 heavy (non-hydrogen) atoms. The third kappa shape index (κ3) is 3.87. The molecule has 1 unspecified atom stereocenters. The Balaban J connectivity index is 2.75. The van der Waals surface area contributed by atoms with Gasteiger partial charge in [-0.05, 0) is 12.0 Å². The molecule has 0 amide bonds. The fourth-order valence-electron chi connectivity index (χ4n) is 1.51. The third-order valence-corrected chi connectivity index (χ3v) is 2.25. The van der Waals surface area contributed by atoms with Crippen molar-refractivity contribution in [3.8, 4) is 12.3 Å². The largest absolute Gasteiger partial charge is 0.120 e. The van der Waals surface area contributed by atoms with Crippen LogP contribution in [0.2, 0.25) is 0 Å². The smallest absolute Gasteiger partial charge is 0.0267 e. The summed E-state index contributed by atoms with van der Waals surface area (Å²) in [7, 11) is 0. The Kier molecular flexibility index (Phi) is 5.04. The predicted molar refractivity (Wildman–Crippen MR) is 66.6 cm³/mol. The van der Waals surface area contributed by atoms with Gasteiger partial charge in [-0.25, -0.2) is 0 Å². The Labute approximate surface area is 92.3 Å². The van der Waals surface area contributed by atoms with Gasteiger partial charge in [0.2, 0.25) is 0 Å². The Morgan fingerprint density at radius 2 is 2.07 bits per heavy atom. The summed E-state index contributed by atoms with van der Waals surface area (Å²) in [6.07, 6.45) is 13.0. The highest BCUT2D eigenvalue weighted by atomic mass is 14.1. The summed E-state index contributed by atoms with van der Waals surface area (Å²) in [5.41, 5.74) is 1.31. The first kappa shape index (κ1) is 11.3. The minimum Gasteiger partial charge on any atom is -0.120 e. The highest BCUT2D eigenvalue weighted by Crippen LogP contribution is 2.21. The maximum absolute atomic E-state index is 5.21. The van der Waals surface area contributed by atoms with Crippen LogP contribution in [0.1, 0.15) is 24.3 Å². The van der Waals surface area contributed by atoms with Gasteiger partial charge in [-0.15, -0.1) is 18.9 Å². The maximum Gasteiger partial charge on any atom is 0.0267 e. The molecule has 1 aromatic carbocycles. The van der Waals surface area contributed by atoms with Crippen molar-refractivity contribution >= 4 is 0 Å². The zero-order valence-electron chi connectivity index (χ0n) is 8.89. The molecule has 1 atom stereocenters. The topological polar surface area (TPSA) is 0 Å². The van der Waals surface area contributed by atoms with E-state index in [9.17, 15) is 0 Å². The lowest BCUT2D eigenvalue weighted by atomic mass is 9.95. The Hall–Kier alpha value is -1.74. The van der Waals surface area contributed by atoms with E-state index in [1.807, 2.05) is 18.2 Å².